The molecule has 7 atom stereocenters. The van der Waals surface area contributed by atoms with Gasteiger partial charge in [-0.15, -0.1) is 0 Å². The van der Waals surface area contributed by atoms with Crippen molar-refractivity contribution in [2.24, 2.45) is 28.6 Å². The van der Waals surface area contributed by atoms with Crippen molar-refractivity contribution in [2.75, 3.05) is 13.2 Å². The number of aliphatic hydroxyl groups is 2. The van der Waals surface area contributed by atoms with Gasteiger partial charge in [0.2, 0.25) is 0 Å². The van der Waals surface area contributed by atoms with E-state index < -0.39 is 23.1 Å². The van der Waals surface area contributed by atoms with Gasteiger partial charge in [0.05, 0.1) is 6.10 Å². The van der Waals surface area contributed by atoms with Gasteiger partial charge in [-0.2, -0.15) is 0 Å². The number of ether oxygens (including phenoxy) is 1. The number of rotatable bonds is 7. The predicted octanol–water partition coefficient (Wildman–Crippen LogP) is 2.45. The summed E-state index contributed by atoms with van der Waals surface area (Å²) in [6.45, 7) is 3.93. The minimum Gasteiger partial charge on any atom is -0.481 e. The van der Waals surface area contributed by atoms with Crippen LogP contribution in [0, 0.1) is 28.6 Å². The number of fused-ring (bicyclic) bond motifs is 5. The first-order valence-electron chi connectivity index (χ1n) is 11.7. The number of carboxylic acid groups (broad SMARTS) is 1. The summed E-state index contributed by atoms with van der Waals surface area (Å²) < 4.78 is 5.39. The van der Waals surface area contributed by atoms with E-state index in [4.69, 9.17) is 9.84 Å². The highest BCUT2D eigenvalue weighted by Crippen LogP contribution is 2.67. The summed E-state index contributed by atoms with van der Waals surface area (Å²) in [4.78, 5) is 35.6. The molecule has 0 aliphatic heterocycles. The van der Waals surface area contributed by atoms with Gasteiger partial charge in [0.15, 0.2) is 11.6 Å². The van der Waals surface area contributed by atoms with Gasteiger partial charge in [0.1, 0.15) is 12.2 Å². The average molecular weight is 447 g/mol. The maximum Gasteiger partial charge on any atom is 0.303 e. The van der Waals surface area contributed by atoms with Crippen molar-refractivity contribution in [3.63, 3.8) is 0 Å². The molecule has 4 rings (SSSR count). The number of Topliss-reactive ketones (excluding diaryl/α,β-unsaturated/α-hetero) is 1. The number of hydrogen-bond donors (Lipinski definition) is 3. The lowest BCUT2D eigenvalue weighted by atomic mass is 9.46. The number of aliphatic carboxylic acids is 1. The summed E-state index contributed by atoms with van der Waals surface area (Å²) in [7, 11) is 0. The highest BCUT2D eigenvalue weighted by Gasteiger charge is 2.68. The molecule has 6 unspecified atom stereocenters. The SMILES string of the molecule is CC12C=CC(=O)C=C1CCC1C2C(O)CC2(C)C1CC[C@]2(O)C(=O)COCCCC(=O)O. The van der Waals surface area contributed by atoms with Gasteiger partial charge in [-0.1, -0.05) is 25.5 Å². The van der Waals surface area contributed by atoms with Crippen LogP contribution >= 0.6 is 0 Å². The van der Waals surface area contributed by atoms with E-state index >= 15 is 0 Å². The largest absolute Gasteiger partial charge is 0.481 e. The molecule has 0 amide bonds. The molecule has 0 bridgehead atoms. The third-order valence-electron chi connectivity index (χ3n) is 9.02. The molecule has 32 heavy (non-hydrogen) atoms. The van der Waals surface area contributed by atoms with Gasteiger partial charge in [0.25, 0.3) is 0 Å². The molecule has 0 aromatic heterocycles. The topological polar surface area (TPSA) is 121 Å². The monoisotopic (exact) mass is 446 g/mol. The summed E-state index contributed by atoms with van der Waals surface area (Å²) in [5, 5.41) is 31.6. The molecule has 0 heterocycles. The Morgan fingerprint density at radius 3 is 2.72 bits per heavy atom. The van der Waals surface area contributed by atoms with Gasteiger partial charge < -0.3 is 20.1 Å². The molecule has 3 saturated carbocycles. The van der Waals surface area contributed by atoms with Crippen molar-refractivity contribution in [1.82, 2.24) is 0 Å². The summed E-state index contributed by atoms with van der Waals surface area (Å²) in [5.74, 6) is -1.09. The van der Waals surface area contributed by atoms with Crippen molar-refractivity contribution in [2.45, 2.75) is 70.5 Å². The lowest BCUT2D eigenvalue weighted by Crippen LogP contribution is -2.61. The van der Waals surface area contributed by atoms with Gasteiger partial charge in [-0.25, -0.2) is 0 Å². The summed E-state index contributed by atoms with van der Waals surface area (Å²) in [6, 6.07) is 0. The second kappa shape index (κ2) is 8.19. The Kier molecular flexibility index (Phi) is 5.97. The fourth-order valence-corrected chi connectivity index (χ4v) is 7.40. The van der Waals surface area contributed by atoms with Crippen molar-refractivity contribution in [3.05, 3.63) is 23.8 Å². The number of ketones is 2. The summed E-state index contributed by atoms with van der Waals surface area (Å²) >= 11 is 0. The fraction of sp³-hybridized carbons (Fsp3) is 0.720. The molecular weight excluding hydrogens is 412 g/mol. The van der Waals surface area contributed by atoms with Crippen LogP contribution in [-0.2, 0) is 19.1 Å². The third kappa shape index (κ3) is 3.49. The number of carbonyl (C=O) groups is 3. The first-order valence-corrected chi connectivity index (χ1v) is 11.7. The van der Waals surface area contributed by atoms with Crippen molar-refractivity contribution < 1.29 is 34.4 Å². The zero-order valence-corrected chi connectivity index (χ0v) is 18.9. The van der Waals surface area contributed by atoms with Gasteiger partial charge in [-0.3, -0.25) is 14.4 Å². The zero-order chi connectivity index (χ0) is 23.3. The van der Waals surface area contributed by atoms with E-state index in [9.17, 15) is 24.6 Å². The number of carbonyl (C=O) groups excluding carboxylic acids is 2. The first-order chi connectivity index (χ1) is 15.0. The second-order valence-corrected chi connectivity index (χ2v) is 10.6. The first kappa shape index (κ1) is 23.3. The van der Waals surface area contributed by atoms with Crippen molar-refractivity contribution >= 4 is 17.5 Å². The van der Waals surface area contributed by atoms with Crippen LogP contribution in [0.1, 0.15) is 58.8 Å². The molecule has 0 spiro atoms. The van der Waals surface area contributed by atoms with E-state index in [0.29, 0.717) is 25.7 Å². The summed E-state index contributed by atoms with van der Waals surface area (Å²) in [5.41, 5.74) is -1.62. The Morgan fingerprint density at radius 1 is 1.25 bits per heavy atom. The molecular formula is C25H34O7. The highest BCUT2D eigenvalue weighted by molar-refractivity contribution is 6.01. The maximum atomic E-state index is 13.1. The Hall–Kier alpha value is -1.83. The zero-order valence-electron chi connectivity index (χ0n) is 18.9. The maximum absolute atomic E-state index is 13.1. The normalized spacial score (nSPS) is 42.6. The van der Waals surface area contributed by atoms with Gasteiger partial charge >= 0.3 is 5.97 Å². The van der Waals surface area contributed by atoms with Crippen LogP contribution in [0.2, 0.25) is 0 Å². The third-order valence-corrected chi connectivity index (χ3v) is 9.02. The Morgan fingerprint density at radius 2 is 2.00 bits per heavy atom. The molecule has 7 nitrogen and oxygen atoms in total. The van der Waals surface area contributed by atoms with Crippen LogP contribution in [0.3, 0.4) is 0 Å². The Balaban J connectivity index is 1.52. The predicted molar refractivity (Wildman–Crippen MR) is 116 cm³/mol. The van der Waals surface area contributed by atoms with E-state index in [1.165, 1.54) is 0 Å². The van der Waals surface area contributed by atoms with E-state index in [1.807, 2.05) is 13.0 Å². The van der Waals surface area contributed by atoms with E-state index in [0.717, 1.165) is 18.4 Å². The van der Waals surface area contributed by atoms with Crippen LogP contribution in [0.15, 0.2) is 23.8 Å². The molecule has 3 N–H and O–H groups in total. The van der Waals surface area contributed by atoms with Gasteiger partial charge in [0, 0.05) is 29.8 Å². The number of aliphatic hydroxyl groups excluding tert-OH is 1. The quantitative estimate of drug-likeness (QED) is 0.514. The lowest BCUT2D eigenvalue weighted by molar-refractivity contribution is -0.179. The van der Waals surface area contributed by atoms with Crippen LogP contribution in [0.5, 0.6) is 0 Å². The number of carboxylic acids is 1. The fourth-order valence-electron chi connectivity index (χ4n) is 7.40. The second-order valence-electron chi connectivity index (χ2n) is 10.6. The van der Waals surface area contributed by atoms with Crippen molar-refractivity contribution in [1.29, 1.82) is 0 Å². The molecule has 4 aliphatic rings. The highest BCUT2D eigenvalue weighted by atomic mass is 16.5. The minimum absolute atomic E-state index is 0.00439. The average Bonchev–Trinajstić information content (AvgIpc) is 2.99. The molecule has 0 radical (unpaired) electrons. The Labute approximate surface area is 188 Å². The molecule has 0 saturated heterocycles. The lowest BCUT2D eigenvalue weighted by Gasteiger charge is -2.59. The van der Waals surface area contributed by atoms with Gasteiger partial charge in [-0.05, 0) is 62.5 Å². The molecule has 3 fully saturated rings. The summed E-state index contributed by atoms with van der Waals surface area (Å²) in [6.07, 6.45) is 7.86. The Bertz CT molecular complexity index is 876. The molecule has 0 aromatic rings. The van der Waals surface area contributed by atoms with Crippen molar-refractivity contribution in [3.8, 4) is 0 Å². The molecule has 7 heteroatoms. The van der Waals surface area contributed by atoms with Crippen LogP contribution in [0.4, 0.5) is 0 Å². The molecule has 176 valence electrons. The van der Waals surface area contributed by atoms with E-state index in [2.05, 4.69) is 6.92 Å². The minimum atomic E-state index is -1.56. The number of hydrogen-bond acceptors (Lipinski definition) is 6. The standard InChI is InChI=1S/C25H34O7/c1-23-9-7-16(26)12-15(23)5-6-17-18-8-10-25(31,24(18,2)13-19(27)22(17)23)20(28)14-32-11-3-4-21(29)30/h7,9,12,17-19,22,27,31H,3-6,8,10-11,13-14H2,1-2H3,(H,29,30)/t17?,18?,19?,22?,23?,24?,25-/m0/s1. The van der Waals surface area contributed by atoms with Crippen LogP contribution in [-0.4, -0.2) is 57.8 Å². The smallest absolute Gasteiger partial charge is 0.303 e. The van der Waals surface area contributed by atoms with E-state index in [-0.39, 0.29) is 54.4 Å². The van der Waals surface area contributed by atoms with Crippen LogP contribution in [0.25, 0.3) is 0 Å². The van der Waals surface area contributed by atoms with Crippen LogP contribution < -0.4 is 0 Å². The van der Waals surface area contributed by atoms with E-state index in [1.54, 1.807) is 12.2 Å². The molecule has 0 aromatic carbocycles. The molecule has 4 aliphatic carbocycles. The number of allylic oxidation sites excluding steroid dienone is 4.